The Morgan fingerprint density at radius 2 is 2.05 bits per heavy atom. The van der Waals surface area contributed by atoms with E-state index < -0.39 is 5.54 Å². The smallest absolute Gasteiger partial charge is 0.332 e. The van der Waals surface area contributed by atoms with Crippen LogP contribution < -0.4 is 0 Å². The van der Waals surface area contributed by atoms with Crippen LogP contribution in [-0.2, 0) is 14.3 Å². The van der Waals surface area contributed by atoms with Crippen LogP contribution in [-0.4, -0.2) is 28.9 Å². The number of amides is 1. The highest BCUT2D eigenvalue weighted by atomic mass is 16.5. The van der Waals surface area contributed by atoms with Gasteiger partial charge in [-0.15, -0.1) is 0 Å². The van der Waals surface area contributed by atoms with E-state index in [1.54, 1.807) is 4.90 Å². The summed E-state index contributed by atoms with van der Waals surface area (Å²) in [4.78, 5) is 26.1. The molecule has 19 heavy (non-hydrogen) atoms. The van der Waals surface area contributed by atoms with Crippen LogP contribution in [0.25, 0.3) is 0 Å². The van der Waals surface area contributed by atoms with E-state index in [0.29, 0.717) is 19.3 Å². The number of carbonyl (C=O) groups excluding carboxylic acids is 2. The van der Waals surface area contributed by atoms with Crippen LogP contribution in [0, 0.1) is 0 Å². The summed E-state index contributed by atoms with van der Waals surface area (Å²) in [7, 11) is 0. The van der Waals surface area contributed by atoms with Gasteiger partial charge in [0.25, 0.3) is 0 Å². The molecule has 0 radical (unpaired) electrons. The van der Waals surface area contributed by atoms with Crippen molar-refractivity contribution in [3.05, 3.63) is 35.9 Å². The third-order valence-electron chi connectivity index (χ3n) is 4.32. The number of cyclic esters (lactones) is 1. The van der Waals surface area contributed by atoms with Crippen LogP contribution in [0.4, 0.5) is 0 Å². The zero-order valence-corrected chi connectivity index (χ0v) is 11.0. The molecule has 2 fully saturated rings. The van der Waals surface area contributed by atoms with Crippen molar-refractivity contribution in [2.24, 2.45) is 0 Å². The van der Waals surface area contributed by atoms with Crippen molar-refractivity contribution in [2.75, 3.05) is 6.61 Å². The van der Waals surface area contributed by atoms with E-state index in [1.165, 1.54) is 0 Å². The molecule has 2 aliphatic heterocycles. The van der Waals surface area contributed by atoms with E-state index in [0.717, 1.165) is 5.56 Å². The number of morpholine rings is 1. The molecule has 0 aromatic heterocycles. The molecule has 100 valence electrons. The molecule has 2 heterocycles. The quantitative estimate of drug-likeness (QED) is 0.764. The Morgan fingerprint density at radius 1 is 1.32 bits per heavy atom. The molecule has 1 aromatic carbocycles. The highest BCUT2D eigenvalue weighted by Gasteiger charge is 2.56. The van der Waals surface area contributed by atoms with Gasteiger partial charge in [0.15, 0.2) is 0 Å². The lowest BCUT2D eigenvalue weighted by Crippen LogP contribution is -2.58. The minimum atomic E-state index is -0.740. The minimum absolute atomic E-state index is 0.0624. The van der Waals surface area contributed by atoms with Crippen molar-refractivity contribution in [1.82, 2.24) is 4.90 Å². The zero-order valence-electron chi connectivity index (χ0n) is 11.0. The fourth-order valence-corrected chi connectivity index (χ4v) is 3.24. The summed E-state index contributed by atoms with van der Waals surface area (Å²) in [5, 5.41) is 0. The number of hydrogen-bond donors (Lipinski definition) is 0. The Hall–Kier alpha value is -1.84. The van der Waals surface area contributed by atoms with Crippen molar-refractivity contribution in [3.63, 3.8) is 0 Å². The molecule has 0 saturated carbocycles. The molecule has 0 spiro atoms. The summed E-state index contributed by atoms with van der Waals surface area (Å²) in [5.74, 6) is -0.180. The van der Waals surface area contributed by atoms with Crippen molar-refractivity contribution in [2.45, 2.75) is 37.8 Å². The molecule has 1 aromatic rings. The number of ether oxygens (including phenoxy) is 1. The van der Waals surface area contributed by atoms with Crippen LogP contribution in [0.5, 0.6) is 0 Å². The second kappa shape index (κ2) is 4.37. The highest BCUT2D eigenvalue weighted by molar-refractivity contribution is 5.93. The molecule has 1 amide bonds. The third-order valence-corrected chi connectivity index (χ3v) is 4.32. The zero-order chi connectivity index (χ0) is 13.5. The Kier molecular flexibility index (Phi) is 2.81. The van der Waals surface area contributed by atoms with Gasteiger partial charge in [0.2, 0.25) is 5.91 Å². The number of hydrogen-bond acceptors (Lipinski definition) is 3. The van der Waals surface area contributed by atoms with Crippen LogP contribution in [0.2, 0.25) is 0 Å². The normalized spacial score (nSPS) is 30.2. The van der Waals surface area contributed by atoms with Crippen molar-refractivity contribution in [3.8, 4) is 0 Å². The largest absolute Gasteiger partial charge is 0.461 e. The van der Waals surface area contributed by atoms with Crippen molar-refractivity contribution in [1.29, 1.82) is 0 Å². The van der Waals surface area contributed by atoms with Gasteiger partial charge in [0, 0.05) is 6.42 Å². The van der Waals surface area contributed by atoms with Crippen LogP contribution in [0.3, 0.4) is 0 Å². The Bertz CT molecular complexity index is 513. The Balaban J connectivity index is 2.04. The maximum atomic E-state index is 12.2. The highest BCUT2D eigenvalue weighted by Crippen LogP contribution is 2.43. The second-order valence-corrected chi connectivity index (χ2v) is 5.17. The molecule has 2 saturated heterocycles. The summed E-state index contributed by atoms with van der Waals surface area (Å²) < 4.78 is 5.37. The number of esters is 1. The molecular weight excluding hydrogens is 242 g/mol. The van der Waals surface area contributed by atoms with Gasteiger partial charge in [-0.25, -0.2) is 4.79 Å². The molecule has 0 unspecified atom stereocenters. The number of rotatable bonds is 2. The number of carbonyl (C=O) groups is 2. The van der Waals surface area contributed by atoms with E-state index in [-0.39, 0.29) is 24.5 Å². The summed E-state index contributed by atoms with van der Waals surface area (Å²) in [6.07, 6.45) is 1.62. The van der Waals surface area contributed by atoms with Gasteiger partial charge in [-0.1, -0.05) is 37.3 Å². The molecule has 2 atom stereocenters. The lowest BCUT2D eigenvalue weighted by Gasteiger charge is -2.44. The average molecular weight is 259 g/mol. The monoisotopic (exact) mass is 259 g/mol. The maximum absolute atomic E-state index is 12.2. The van der Waals surface area contributed by atoms with E-state index in [1.807, 2.05) is 37.3 Å². The molecule has 2 aliphatic rings. The third kappa shape index (κ3) is 1.66. The molecular formula is C15H17NO3. The van der Waals surface area contributed by atoms with Crippen LogP contribution in [0.1, 0.15) is 37.8 Å². The van der Waals surface area contributed by atoms with Gasteiger partial charge in [-0.2, -0.15) is 0 Å². The molecule has 0 N–H and O–H groups in total. The van der Waals surface area contributed by atoms with Gasteiger partial charge >= 0.3 is 5.97 Å². The van der Waals surface area contributed by atoms with Crippen molar-refractivity contribution < 1.29 is 14.3 Å². The maximum Gasteiger partial charge on any atom is 0.332 e. The predicted octanol–water partition coefficient (Wildman–Crippen LogP) is 2.06. The fraction of sp³-hybridized carbons (Fsp3) is 0.467. The molecule has 0 aliphatic carbocycles. The Labute approximate surface area is 112 Å². The topological polar surface area (TPSA) is 46.6 Å². The first kappa shape index (κ1) is 12.2. The average Bonchev–Trinajstić information content (AvgIpc) is 2.80. The summed E-state index contributed by atoms with van der Waals surface area (Å²) >= 11 is 0. The standard InChI is InChI=1S/C15H17NO3/c1-2-15-9-8-13(17)16(15)12(10-19-14(15)18)11-6-4-3-5-7-11/h3-7,12H,2,8-10H2,1H3/t12-,15+/m1/s1. The van der Waals surface area contributed by atoms with Gasteiger partial charge < -0.3 is 9.64 Å². The van der Waals surface area contributed by atoms with E-state index in [4.69, 9.17) is 4.74 Å². The first-order valence-electron chi connectivity index (χ1n) is 6.73. The lowest BCUT2D eigenvalue weighted by molar-refractivity contribution is -0.177. The van der Waals surface area contributed by atoms with E-state index in [9.17, 15) is 9.59 Å². The minimum Gasteiger partial charge on any atom is -0.461 e. The summed E-state index contributed by atoms with van der Waals surface area (Å²) in [6.45, 7) is 2.20. The van der Waals surface area contributed by atoms with Gasteiger partial charge in [-0.05, 0) is 18.4 Å². The van der Waals surface area contributed by atoms with Gasteiger partial charge in [0.05, 0.1) is 6.04 Å². The number of nitrogens with zero attached hydrogens (tertiary/aromatic N) is 1. The van der Waals surface area contributed by atoms with Crippen LogP contribution in [0.15, 0.2) is 30.3 Å². The first-order chi connectivity index (χ1) is 9.19. The predicted molar refractivity (Wildman–Crippen MR) is 69.2 cm³/mol. The van der Waals surface area contributed by atoms with Gasteiger partial charge in [0.1, 0.15) is 12.1 Å². The second-order valence-electron chi connectivity index (χ2n) is 5.17. The summed E-state index contributed by atoms with van der Waals surface area (Å²) in [5.41, 5.74) is 0.290. The molecule has 4 heteroatoms. The molecule has 4 nitrogen and oxygen atoms in total. The molecule has 0 bridgehead atoms. The van der Waals surface area contributed by atoms with Crippen LogP contribution >= 0.6 is 0 Å². The van der Waals surface area contributed by atoms with Crippen molar-refractivity contribution >= 4 is 11.9 Å². The lowest BCUT2D eigenvalue weighted by atomic mass is 9.89. The Morgan fingerprint density at radius 3 is 2.74 bits per heavy atom. The van der Waals surface area contributed by atoms with E-state index in [2.05, 4.69) is 0 Å². The number of benzene rings is 1. The number of fused-ring (bicyclic) bond motifs is 1. The van der Waals surface area contributed by atoms with Gasteiger partial charge in [-0.3, -0.25) is 4.79 Å². The van der Waals surface area contributed by atoms with E-state index >= 15 is 0 Å². The first-order valence-corrected chi connectivity index (χ1v) is 6.73. The summed E-state index contributed by atoms with van der Waals surface area (Å²) in [6, 6.07) is 9.65. The molecule has 3 rings (SSSR count). The fourth-order valence-electron chi connectivity index (χ4n) is 3.24. The SMILES string of the molecule is CC[C@@]12CCC(=O)N1[C@@H](c1ccccc1)COC2=O.